The number of thiocarbonyl (C=S) groups is 1. The molecular weight excluding hydrogens is 178 g/mol. The standard InChI is InChI=1S/C11H23NS/c1-3-5-6-7-8-9-10-12-11(13)4-2/h3-10H2,1-2H3,(H,12,13). The molecule has 1 N–H and O–H groups in total. The van der Waals surface area contributed by atoms with Gasteiger partial charge in [0.25, 0.3) is 0 Å². The predicted octanol–water partition coefficient (Wildman–Crippen LogP) is 3.67. The largest absolute Gasteiger partial charge is 0.380 e. The van der Waals surface area contributed by atoms with Crippen molar-refractivity contribution in [2.75, 3.05) is 6.54 Å². The predicted molar refractivity (Wildman–Crippen MR) is 64.3 cm³/mol. The second-order valence-electron chi connectivity index (χ2n) is 3.47. The summed E-state index contributed by atoms with van der Waals surface area (Å²) in [6, 6.07) is 0. The number of hydrogen-bond acceptors (Lipinski definition) is 1. The fourth-order valence-electron chi connectivity index (χ4n) is 1.26. The summed E-state index contributed by atoms with van der Waals surface area (Å²) in [6.45, 7) is 5.41. The first-order chi connectivity index (χ1) is 6.31. The van der Waals surface area contributed by atoms with Crippen LogP contribution in [0.2, 0.25) is 0 Å². The van der Waals surface area contributed by atoms with Gasteiger partial charge in [0.05, 0.1) is 4.99 Å². The van der Waals surface area contributed by atoms with Crippen LogP contribution in [0.15, 0.2) is 0 Å². The maximum Gasteiger partial charge on any atom is 0.0750 e. The number of unbranched alkanes of at least 4 members (excludes halogenated alkanes) is 5. The molecule has 13 heavy (non-hydrogen) atoms. The van der Waals surface area contributed by atoms with Crippen LogP contribution < -0.4 is 5.32 Å². The minimum atomic E-state index is 0.977. The number of rotatable bonds is 8. The lowest BCUT2D eigenvalue weighted by Crippen LogP contribution is -2.21. The maximum absolute atomic E-state index is 5.06. The third-order valence-electron chi connectivity index (χ3n) is 2.17. The van der Waals surface area contributed by atoms with Crippen LogP contribution in [0.25, 0.3) is 0 Å². The van der Waals surface area contributed by atoms with Gasteiger partial charge in [-0.2, -0.15) is 0 Å². The Morgan fingerprint density at radius 3 is 2.23 bits per heavy atom. The van der Waals surface area contributed by atoms with Crippen LogP contribution in [0.3, 0.4) is 0 Å². The van der Waals surface area contributed by atoms with Crippen LogP contribution in [0.5, 0.6) is 0 Å². The summed E-state index contributed by atoms with van der Waals surface area (Å²) in [5.74, 6) is 0. The molecular formula is C11H23NS. The molecule has 0 aliphatic carbocycles. The van der Waals surface area contributed by atoms with E-state index in [1.165, 1.54) is 38.5 Å². The molecule has 0 aromatic carbocycles. The fraction of sp³-hybridized carbons (Fsp3) is 0.909. The van der Waals surface area contributed by atoms with E-state index in [0.717, 1.165) is 18.0 Å². The van der Waals surface area contributed by atoms with Gasteiger partial charge in [-0.3, -0.25) is 0 Å². The molecule has 0 saturated heterocycles. The number of hydrogen-bond donors (Lipinski definition) is 1. The van der Waals surface area contributed by atoms with Crippen molar-refractivity contribution in [3.05, 3.63) is 0 Å². The Hall–Kier alpha value is -0.110. The van der Waals surface area contributed by atoms with E-state index in [1.54, 1.807) is 0 Å². The highest BCUT2D eigenvalue weighted by atomic mass is 32.1. The molecule has 0 atom stereocenters. The Balaban J connectivity index is 2.95. The van der Waals surface area contributed by atoms with E-state index >= 15 is 0 Å². The van der Waals surface area contributed by atoms with Gasteiger partial charge in [-0.25, -0.2) is 0 Å². The molecule has 0 spiro atoms. The minimum absolute atomic E-state index is 0.977. The molecule has 0 heterocycles. The third-order valence-corrected chi connectivity index (χ3v) is 2.61. The van der Waals surface area contributed by atoms with E-state index in [-0.39, 0.29) is 0 Å². The van der Waals surface area contributed by atoms with Crippen molar-refractivity contribution in [1.82, 2.24) is 5.32 Å². The van der Waals surface area contributed by atoms with Gasteiger partial charge in [-0.1, -0.05) is 58.2 Å². The van der Waals surface area contributed by atoms with Gasteiger partial charge < -0.3 is 5.32 Å². The molecule has 78 valence electrons. The Labute approximate surface area is 88.3 Å². The number of nitrogens with one attached hydrogen (secondary N) is 1. The fourth-order valence-corrected chi connectivity index (χ4v) is 1.36. The van der Waals surface area contributed by atoms with Gasteiger partial charge in [0.2, 0.25) is 0 Å². The molecule has 0 aliphatic rings. The smallest absolute Gasteiger partial charge is 0.0750 e. The van der Waals surface area contributed by atoms with Gasteiger partial charge in [0.1, 0.15) is 0 Å². The van der Waals surface area contributed by atoms with Crippen molar-refractivity contribution in [2.45, 2.75) is 58.8 Å². The normalized spacial score (nSPS) is 10.0. The molecule has 0 radical (unpaired) electrons. The van der Waals surface area contributed by atoms with Crippen molar-refractivity contribution in [1.29, 1.82) is 0 Å². The quantitative estimate of drug-likeness (QED) is 0.475. The maximum atomic E-state index is 5.06. The molecule has 0 fully saturated rings. The van der Waals surface area contributed by atoms with Crippen molar-refractivity contribution < 1.29 is 0 Å². The summed E-state index contributed by atoms with van der Waals surface area (Å²) in [6.07, 6.45) is 9.09. The third kappa shape index (κ3) is 9.81. The minimum Gasteiger partial charge on any atom is -0.380 e. The molecule has 0 aliphatic heterocycles. The SMILES string of the molecule is CCCCCCCCNC(=S)CC. The van der Waals surface area contributed by atoms with Gasteiger partial charge in [-0.15, -0.1) is 0 Å². The monoisotopic (exact) mass is 201 g/mol. The molecule has 0 aromatic heterocycles. The topological polar surface area (TPSA) is 12.0 Å². The van der Waals surface area contributed by atoms with Crippen molar-refractivity contribution in [3.8, 4) is 0 Å². The van der Waals surface area contributed by atoms with Gasteiger partial charge >= 0.3 is 0 Å². The lowest BCUT2D eigenvalue weighted by Gasteiger charge is -2.04. The summed E-state index contributed by atoms with van der Waals surface area (Å²) in [7, 11) is 0. The van der Waals surface area contributed by atoms with Crippen molar-refractivity contribution in [3.63, 3.8) is 0 Å². The summed E-state index contributed by atoms with van der Waals surface area (Å²) >= 11 is 5.06. The lowest BCUT2D eigenvalue weighted by molar-refractivity contribution is 0.602. The van der Waals surface area contributed by atoms with Crippen LogP contribution in [0, 0.1) is 0 Å². The Kier molecular flexibility index (Phi) is 9.89. The average molecular weight is 201 g/mol. The van der Waals surface area contributed by atoms with Crippen molar-refractivity contribution >= 4 is 17.2 Å². The highest BCUT2D eigenvalue weighted by Gasteiger charge is 1.91. The van der Waals surface area contributed by atoms with E-state index in [9.17, 15) is 0 Å². The summed E-state index contributed by atoms with van der Waals surface area (Å²) in [5, 5.41) is 3.25. The highest BCUT2D eigenvalue weighted by Crippen LogP contribution is 2.03. The van der Waals surface area contributed by atoms with Crippen LogP contribution in [0.1, 0.15) is 58.8 Å². The highest BCUT2D eigenvalue weighted by molar-refractivity contribution is 7.80. The Morgan fingerprint density at radius 2 is 1.62 bits per heavy atom. The molecule has 0 unspecified atom stereocenters. The molecule has 0 rings (SSSR count). The van der Waals surface area contributed by atoms with E-state index in [0.29, 0.717) is 0 Å². The molecule has 0 bridgehead atoms. The zero-order valence-electron chi connectivity index (χ0n) is 9.07. The van der Waals surface area contributed by atoms with Gasteiger partial charge in [-0.05, 0) is 12.8 Å². The molecule has 0 saturated carbocycles. The zero-order valence-corrected chi connectivity index (χ0v) is 9.88. The summed E-state index contributed by atoms with van der Waals surface area (Å²) in [4.78, 5) is 1.01. The van der Waals surface area contributed by atoms with E-state index < -0.39 is 0 Å². The Bertz CT molecular complexity index is 123. The van der Waals surface area contributed by atoms with Crippen LogP contribution in [-0.4, -0.2) is 11.5 Å². The first-order valence-corrected chi connectivity index (χ1v) is 5.98. The van der Waals surface area contributed by atoms with E-state index in [1.807, 2.05) is 0 Å². The summed E-state index contributed by atoms with van der Waals surface area (Å²) in [5.41, 5.74) is 0. The first kappa shape index (κ1) is 12.9. The van der Waals surface area contributed by atoms with E-state index in [4.69, 9.17) is 12.2 Å². The second kappa shape index (κ2) is 9.97. The van der Waals surface area contributed by atoms with Crippen LogP contribution in [-0.2, 0) is 0 Å². The van der Waals surface area contributed by atoms with Crippen LogP contribution >= 0.6 is 12.2 Å². The summed E-state index contributed by atoms with van der Waals surface area (Å²) < 4.78 is 0. The average Bonchev–Trinajstić information content (AvgIpc) is 2.16. The van der Waals surface area contributed by atoms with Crippen molar-refractivity contribution in [2.24, 2.45) is 0 Å². The molecule has 0 aromatic rings. The second-order valence-corrected chi connectivity index (χ2v) is 3.96. The molecule has 0 amide bonds. The van der Waals surface area contributed by atoms with Crippen LogP contribution in [0.4, 0.5) is 0 Å². The molecule has 1 nitrogen and oxygen atoms in total. The van der Waals surface area contributed by atoms with E-state index in [2.05, 4.69) is 19.2 Å². The first-order valence-electron chi connectivity index (χ1n) is 5.58. The van der Waals surface area contributed by atoms with Gasteiger partial charge in [0.15, 0.2) is 0 Å². The molecule has 2 heteroatoms. The Morgan fingerprint density at radius 1 is 1.00 bits per heavy atom. The lowest BCUT2D eigenvalue weighted by atomic mass is 10.1. The van der Waals surface area contributed by atoms with Gasteiger partial charge in [0, 0.05) is 6.54 Å². The zero-order chi connectivity index (χ0) is 9.94.